The van der Waals surface area contributed by atoms with E-state index in [2.05, 4.69) is 33.4 Å². The van der Waals surface area contributed by atoms with Gasteiger partial charge in [-0.1, -0.05) is 45.7 Å². The van der Waals surface area contributed by atoms with Crippen molar-refractivity contribution in [2.75, 3.05) is 14.2 Å². The molecule has 1 unspecified atom stereocenters. The molecular formula is C15H15BrClNO. The Morgan fingerprint density at radius 1 is 1.11 bits per heavy atom. The summed E-state index contributed by atoms with van der Waals surface area (Å²) in [7, 11) is 3.56. The van der Waals surface area contributed by atoms with Gasteiger partial charge in [-0.2, -0.15) is 0 Å². The number of methoxy groups -OCH3 is 1. The number of hydrogen-bond acceptors (Lipinski definition) is 2. The second-order valence-corrected chi connectivity index (χ2v) is 5.49. The molecule has 0 fully saturated rings. The molecule has 0 spiro atoms. The topological polar surface area (TPSA) is 21.3 Å². The van der Waals surface area contributed by atoms with Crippen molar-refractivity contribution >= 4 is 27.5 Å². The van der Waals surface area contributed by atoms with Crippen LogP contribution in [-0.2, 0) is 0 Å². The van der Waals surface area contributed by atoms with Gasteiger partial charge in [-0.3, -0.25) is 0 Å². The Balaban J connectivity index is 2.39. The highest BCUT2D eigenvalue weighted by Gasteiger charge is 2.13. The predicted octanol–water partition coefficient (Wildman–Crippen LogP) is 4.42. The van der Waals surface area contributed by atoms with E-state index in [1.165, 1.54) is 5.56 Å². The first kappa shape index (κ1) is 14.4. The van der Waals surface area contributed by atoms with Crippen molar-refractivity contribution in [3.63, 3.8) is 0 Å². The number of nitrogens with one attached hydrogen (secondary N) is 1. The summed E-state index contributed by atoms with van der Waals surface area (Å²) in [5, 5.41) is 3.93. The van der Waals surface area contributed by atoms with Crippen LogP contribution in [0.1, 0.15) is 17.2 Å². The number of benzene rings is 2. The summed E-state index contributed by atoms with van der Waals surface area (Å²) >= 11 is 9.51. The van der Waals surface area contributed by atoms with E-state index in [-0.39, 0.29) is 6.04 Å². The van der Waals surface area contributed by atoms with Crippen LogP contribution in [0.15, 0.2) is 46.9 Å². The van der Waals surface area contributed by atoms with Crippen LogP contribution in [0.4, 0.5) is 0 Å². The van der Waals surface area contributed by atoms with Gasteiger partial charge in [-0.05, 0) is 42.4 Å². The Kier molecular flexibility index (Phi) is 4.86. The molecule has 0 aliphatic heterocycles. The van der Waals surface area contributed by atoms with Crippen LogP contribution in [0, 0.1) is 0 Å². The Hall–Kier alpha value is -1.03. The smallest absolute Gasteiger partial charge is 0.137 e. The zero-order valence-electron chi connectivity index (χ0n) is 10.8. The van der Waals surface area contributed by atoms with Crippen LogP contribution in [-0.4, -0.2) is 14.2 Å². The van der Waals surface area contributed by atoms with Crippen LogP contribution in [0.3, 0.4) is 0 Å². The molecular weight excluding hydrogens is 326 g/mol. The van der Waals surface area contributed by atoms with Gasteiger partial charge in [0, 0.05) is 4.47 Å². The zero-order chi connectivity index (χ0) is 13.8. The molecule has 0 radical (unpaired) electrons. The second-order valence-electron chi connectivity index (χ2n) is 4.17. The van der Waals surface area contributed by atoms with Crippen LogP contribution < -0.4 is 10.1 Å². The van der Waals surface area contributed by atoms with Crippen molar-refractivity contribution in [3.8, 4) is 5.75 Å². The van der Waals surface area contributed by atoms with E-state index in [0.29, 0.717) is 10.8 Å². The SMILES string of the molecule is CNC(c1ccc(Br)cc1)c1ccc(Cl)c(OC)c1. The zero-order valence-corrected chi connectivity index (χ0v) is 13.1. The lowest BCUT2D eigenvalue weighted by atomic mass is 9.99. The van der Waals surface area contributed by atoms with E-state index in [4.69, 9.17) is 16.3 Å². The third-order valence-electron chi connectivity index (χ3n) is 3.00. The maximum absolute atomic E-state index is 6.06. The average molecular weight is 341 g/mol. The van der Waals surface area contributed by atoms with Crippen molar-refractivity contribution in [2.45, 2.75) is 6.04 Å². The number of halogens is 2. The Morgan fingerprint density at radius 2 is 1.74 bits per heavy atom. The standard InChI is InChI=1S/C15H15BrClNO/c1-18-15(10-3-6-12(16)7-4-10)11-5-8-13(17)14(9-11)19-2/h3-9,15,18H,1-2H3. The first-order valence-corrected chi connectivity index (χ1v) is 7.09. The van der Waals surface area contributed by atoms with E-state index < -0.39 is 0 Å². The minimum atomic E-state index is 0.110. The predicted molar refractivity (Wildman–Crippen MR) is 83.0 cm³/mol. The van der Waals surface area contributed by atoms with Gasteiger partial charge in [0.25, 0.3) is 0 Å². The second kappa shape index (κ2) is 6.42. The average Bonchev–Trinajstić information content (AvgIpc) is 2.43. The molecule has 2 aromatic rings. The largest absolute Gasteiger partial charge is 0.495 e. The van der Waals surface area contributed by atoms with E-state index in [9.17, 15) is 0 Å². The first-order valence-electron chi connectivity index (χ1n) is 5.92. The minimum Gasteiger partial charge on any atom is -0.495 e. The third-order valence-corrected chi connectivity index (χ3v) is 3.84. The molecule has 0 aliphatic carbocycles. The van der Waals surface area contributed by atoms with E-state index in [1.807, 2.05) is 37.4 Å². The minimum absolute atomic E-state index is 0.110. The molecule has 0 saturated carbocycles. The number of rotatable bonds is 4. The van der Waals surface area contributed by atoms with Gasteiger partial charge in [0.15, 0.2) is 0 Å². The molecule has 0 saturated heterocycles. The monoisotopic (exact) mass is 339 g/mol. The normalized spacial score (nSPS) is 12.2. The summed E-state index contributed by atoms with van der Waals surface area (Å²) in [4.78, 5) is 0. The molecule has 0 aliphatic rings. The lowest BCUT2D eigenvalue weighted by molar-refractivity contribution is 0.414. The van der Waals surface area contributed by atoms with Gasteiger partial charge < -0.3 is 10.1 Å². The summed E-state index contributed by atoms with van der Waals surface area (Å²) in [5.41, 5.74) is 2.31. The molecule has 1 atom stereocenters. The molecule has 100 valence electrons. The van der Waals surface area contributed by atoms with E-state index >= 15 is 0 Å². The summed E-state index contributed by atoms with van der Waals surface area (Å²) in [6.45, 7) is 0. The molecule has 0 amide bonds. The Morgan fingerprint density at radius 3 is 2.32 bits per heavy atom. The molecule has 1 N–H and O–H groups in total. The van der Waals surface area contributed by atoms with Crippen molar-refractivity contribution < 1.29 is 4.74 Å². The summed E-state index contributed by atoms with van der Waals surface area (Å²) in [6.07, 6.45) is 0. The van der Waals surface area contributed by atoms with Gasteiger partial charge in [-0.15, -0.1) is 0 Å². The third kappa shape index (κ3) is 3.30. The highest BCUT2D eigenvalue weighted by Crippen LogP contribution is 2.30. The fourth-order valence-corrected chi connectivity index (χ4v) is 2.50. The van der Waals surface area contributed by atoms with Crippen molar-refractivity contribution in [1.29, 1.82) is 0 Å². The molecule has 4 heteroatoms. The van der Waals surface area contributed by atoms with Crippen molar-refractivity contribution in [1.82, 2.24) is 5.32 Å². The molecule has 2 nitrogen and oxygen atoms in total. The molecule has 2 rings (SSSR count). The summed E-state index contributed by atoms with van der Waals surface area (Å²) in [5.74, 6) is 0.691. The fourth-order valence-electron chi connectivity index (χ4n) is 2.04. The molecule has 0 heterocycles. The van der Waals surface area contributed by atoms with Crippen LogP contribution in [0.2, 0.25) is 5.02 Å². The lowest BCUT2D eigenvalue weighted by Gasteiger charge is -2.18. The van der Waals surface area contributed by atoms with Crippen LogP contribution in [0.25, 0.3) is 0 Å². The maximum Gasteiger partial charge on any atom is 0.137 e. The van der Waals surface area contributed by atoms with Crippen LogP contribution in [0.5, 0.6) is 5.75 Å². The summed E-state index contributed by atoms with van der Waals surface area (Å²) < 4.78 is 6.34. The highest BCUT2D eigenvalue weighted by molar-refractivity contribution is 9.10. The van der Waals surface area contributed by atoms with Crippen LogP contribution >= 0.6 is 27.5 Å². The van der Waals surface area contributed by atoms with Gasteiger partial charge in [-0.25, -0.2) is 0 Å². The summed E-state index contributed by atoms with van der Waals surface area (Å²) in [6, 6.07) is 14.2. The van der Waals surface area contributed by atoms with Crippen molar-refractivity contribution in [3.05, 3.63) is 63.1 Å². The fraction of sp³-hybridized carbons (Fsp3) is 0.200. The molecule has 2 aromatic carbocycles. The van der Waals surface area contributed by atoms with Gasteiger partial charge in [0.2, 0.25) is 0 Å². The quantitative estimate of drug-likeness (QED) is 0.889. The lowest BCUT2D eigenvalue weighted by Crippen LogP contribution is -2.17. The van der Waals surface area contributed by atoms with Crippen molar-refractivity contribution in [2.24, 2.45) is 0 Å². The molecule has 0 bridgehead atoms. The number of ether oxygens (including phenoxy) is 1. The van der Waals surface area contributed by atoms with Gasteiger partial charge in [0.1, 0.15) is 5.75 Å². The Labute approximate surface area is 126 Å². The van der Waals surface area contributed by atoms with E-state index in [0.717, 1.165) is 10.0 Å². The Bertz CT molecular complexity index is 557. The van der Waals surface area contributed by atoms with Gasteiger partial charge >= 0.3 is 0 Å². The first-order chi connectivity index (χ1) is 9.15. The highest BCUT2D eigenvalue weighted by atomic mass is 79.9. The molecule has 0 aromatic heterocycles. The van der Waals surface area contributed by atoms with Gasteiger partial charge in [0.05, 0.1) is 18.2 Å². The number of hydrogen-bond donors (Lipinski definition) is 1. The van der Waals surface area contributed by atoms with E-state index in [1.54, 1.807) is 7.11 Å². The maximum atomic E-state index is 6.06. The molecule has 19 heavy (non-hydrogen) atoms.